The van der Waals surface area contributed by atoms with E-state index in [1.165, 1.54) is 23.9 Å². The lowest BCUT2D eigenvalue weighted by atomic mass is 9.88. The zero-order valence-corrected chi connectivity index (χ0v) is 25.8. The molecule has 2 aliphatic rings. The molecule has 2 aliphatic heterocycles. The van der Waals surface area contributed by atoms with Crippen LogP contribution in [0.1, 0.15) is 36.0 Å². The van der Waals surface area contributed by atoms with Crippen molar-refractivity contribution in [2.24, 2.45) is 0 Å². The summed E-state index contributed by atoms with van der Waals surface area (Å²) in [6.45, 7) is 1.94. The van der Waals surface area contributed by atoms with Gasteiger partial charge in [-0.1, -0.05) is 41.4 Å². The number of ether oxygens (including phenoxy) is 1. The molecule has 1 fully saturated rings. The van der Waals surface area contributed by atoms with Crippen molar-refractivity contribution in [1.82, 2.24) is 4.90 Å². The summed E-state index contributed by atoms with van der Waals surface area (Å²) in [5.41, 5.74) is -1.60. The topological polar surface area (TPSA) is 55.8 Å². The number of allylic oxidation sites excluding steroid dienone is 1. The second-order valence-electron chi connectivity index (χ2n) is 10.1. The third-order valence-corrected chi connectivity index (χ3v) is 9.75. The minimum absolute atomic E-state index is 0.00508. The Balaban J connectivity index is 1.51. The first-order valence-corrected chi connectivity index (χ1v) is 16.6. The van der Waals surface area contributed by atoms with E-state index in [2.05, 4.69) is 9.08 Å². The Labute approximate surface area is 261 Å². The lowest BCUT2D eigenvalue weighted by molar-refractivity contribution is -0.0500. The number of fused-ring (bicyclic) bond motifs is 1. The predicted octanol–water partition coefficient (Wildman–Crippen LogP) is 8.49. The number of hydrogen-bond donors (Lipinski definition) is 0. The monoisotopic (exact) mass is 675 g/mol. The molecule has 0 amide bonds. The highest BCUT2D eigenvalue weighted by molar-refractivity contribution is 7.99. The molecule has 0 radical (unpaired) electrons. The first kappa shape index (κ1) is 32.0. The predicted molar refractivity (Wildman–Crippen MR) is 162 cm³/mol. The number of hydrogen-bond acceptors (Lipinski definition) is 6. The molecule has 3 aromatic rings. The second kappa shape index (κ2) is 13.3. The summed E-state index contributed by atoms with van der Waals surface area (Å²) in [6.07, 6.45) is 1.90. The van der Waals surface area contributed by atoms with Crippen molar-refractivity contribution < 1.29 is 34.9 Å². The minimum atomic E-state index is -5.82. The Morgan fingerprint density at radius 1 is 0.977 bits per heavy atom. The van der Waals surface area contributed by atoms with E-state index in [4.69, 9.17) is 27.9 Å². The Kier molecular flexibility index (Phi) is 9.87. The number of rotatable bonds is 9. The first-order chi connectivity index (χ1) is 20.4. The van der Waals surface area contributed by atoms with E-state index in [9.17, 15) is 26.0 Å². The number of benzene rings is 3. The standard InChI is InChI=1S/C30H27Cl2F4NO4S2/c31-20-4-8-24(27(32)16-20)25-11-15-42-28-17-22(41-43(38,39)30(34,35)36)7-9-26(28)29(25)19-2-5-21(6-3-19)40-23-10-14-37(18-23)13-1-12-33/h2-9,16-17,23H,1,10-15,18H2/t23-/m0/s1. The van der Waals surface area contributed by atoms with Crippen molar-refractivity contribution in [3.05, 3.63) is 87.4 Å². The summed E-state index contributed by atoms with van der Waals surface area (Å²) >= 11 is 14.2. The lowest BCUT2D eigenvalue weighted by Gasteiger charge is -2.19. The van der Waals surface area contributed by atoms with Crippen LogP contribution in [0.5, 0.6) is 11.5 Å². The molecule has 0 saturated carbocycles. The van der Waals surface area contributed by atoms with Crippen LogP contribution in [0.4, 0.5) is 17.6 Å². The minimum Gasteiger partial charge on any atom is -0.489 e. The van der Waals surface area contributed by atoms with Crippen molar-refractivity contribution in [2.45, 2.75) is 35.8 Å². The number of halogens is 6. The van der Waals surface area contributed by atoms with Gasteiger partial charge in [0.2, 0.25) is 0 Å². The molecule has 0 aliphatic carbocycles. The molecule has 3 aromatic carbocycles. The molecule has 0 aromatic heterocycles. The number of likely N-dealkylation sites (tertiary alicyclic amines) is 1. The Hall–Kier alpha value is -2.44. The molecule has 0 N–H and O–H groups in total. The van der Waals surface area contributed by atoms with Gasteiger partial charge in [-0.25, -0.2) is 0 Å². The molecule has 2 heterocycles. The van der Waals surface area contributed by atoms with Gasteiger partial charge in [-0.3, -0.25) is 9.29 Å². The molecule has 1 atom stereocenters. The van der Waals surface area contributed by atoms with Gasteiger partial charge in [-0.2, -0.15) is 21.6 Å². The highest BCUT2D eigenvalue weighted by atomic mass is 35.5. The molecule has 0 spiro atoms. The fourth-order valence-corrected chi connectivity index (χ4v) is 7.24. The van der Waals surface area contributed by atoms with Gasteiger partial charge >= 0.3 is 15.6 Å². The van der Waals surface area contributed by atoms with Crippen LogP contribution < -0.4 is 8.92 Å². The number of alkyl halides is 4. The largest absolute Gasteiger partial charge is 0.534 e. The molecular formula is C30H27Cl2F4NO4S2. The second-order valence-corrected chi connectivity index (χ2v) is 13.6. The highest BCUT2D eigenvalue weighted by Gasteiger charge is 2.48. The van der Waals surface area contributed by atoms with Gasteiger partial charge < -0.3 is 8.92 Å². The number of thioether (sulfide) groups is 1. The van der Waals surface area contributed by atoms with E-state index in [-0.39, 0.29) is 12.8 Å². The smallest absolute Gasteiger partial charge is 0.489 e. The quantitative estimate of drug-likeness (QED) is 0.129. The summed E-state index contributed by atoms with van der Waals surface area (Å²) < 4.78 is 85.4. The first-order valence-electron chi connectivity index (χ1n) is 13.5. The van der Waals surface area contributed by atoms with E-state index in [0.29, 0.717) is 51.4 Å². The van der Waals surface area contributed by atoms with E-state index in [0.717, 1.165) is 41.8 Å². The van der Waals surface area contributed by atoms with Crippen molar-refractivity contribution in [3.8, 4) is 11.5 Å². The molecular weight excluding hydrogens is 649 g/mol. The average Bonchev–Trinajstić information content (AvgIpc) is 3.30. The molecule has 43 heavy (non-hydrogen) atoms. The molecule has 5 rings (SSSR count). The van der Waals surface area contributed by atoms with Crippen LogP contribution in [-0.4, -0.2) is 57.0 Å². The molecule has 0 unspecified atom stereocenters. The Morgan fingerprint density at radius 2 is 1.70 bits per heavy atom. The maximum Gasteiger partial charge on any atom is 0.534 e. The van der Waals surface area contributed by atoms with Crippen LogP contribution >= 0.6 is 35.0 Å². The van der Waals surface area contributed by atoms with Crippen LogP contribution in [0.25, 0.3) is 11.1 Å². The van der Waals surface area contributed by atoms with Crippen molar-refractivity contribution in [3.63, 3.8) is 0 Å². The van der Waals surface area contributed by atoms with E-state index < -0.39 is 21.4 Å². The Morgan fingerprint density at radius 3 is 2.40 bits per heavy atom. The molecule has 1 saturated heterocycles. The molecule has 230 valence electrons. The zero-order chi connectivity index (χ0) is 30.8. The zero-order valence-electron chi connectivity index (χ0n) is 22.7. The average molecular weight is 677 g/mol. The van der Waals surface area contributed by atoms with Crippen molar-refractivity contribution >= 4 is 56.2 Å². The summed E-state index contributed by atoms with van der Waals surface area (Å²) in [4.78, 5) is 2.74. The van der Waals surface area contributed by atoms with Gasteiger partial charge in [0.25, 0.3) is 0 Å². The van der Waals surface area contributed by atoms with Gasteiger partial charge in [0.15, 0.2) is 0 Å². The maximum atomic E-state index is 13.0. The maximum absolute atomic E-state index is 13.0. The summed E-state index contributed by atoms with van der Waals surface area (Å²) in [7, 11) is -5.82. The van der Waals surface area contributed by atoms with Crippen LogP contribution in [0, 0.1) is 0 Å². The Bertz CT molecular complexity index is 1620. The lowest BCUT2D eigenvalue weighted by Crippen LogP contribution is -2.28. The molecule has 5 nitrogen and oxygen atoms in total. The van der Waals surface area contributed by atoms with Gasteiger partial charge in [-0.05, 0) is 89.6 Å². The fourth-order valence-electron chi connectivity index (χ4n) is 5.21. The van der Waals surface area contributed by atoms with E-state index >= 15 is 0 Å². The third-order valence-electron chi connectivity index (χ3n) is 7.16. The van der Waals surface area contributed by atoms with Crippen molar-refractivity contribution in [1.29, 1.82) is 0 Å². The van der Waals surface area contributed by atoms with Crippen molar-refractivity contribution in [2.75, 3.05) is 32.1 Å². The van der Waals surface area contributed by atoms with Gasteiger partial charge in [0, 0.05) is 40.3 Å². The highest BCUT2D eigenvalue weighted by Crippen LogP contribution is 2.46. The number of nitrogens with zero attached hydrogens (tertiary/aromatic N) is 1. The summed E-state index contributed by atoms with van der Waals surface area (Å²) in [6, 6.07) is 16.8. The molecule has 13 heteroatoms. The van der Waals surface area contributed by atoms with Gasteiger partial charge in [0.05, 0.1) is 6.67 Å². The van der Waals surface area contributed by atoms with Crippen LogP contribution in [0.3, 0.4) is 0 Å². The van der Waals surface area contributed by atoms with Crippen LogP contribution in [-0.2, 0) is 10.1 Å². The van der Waals surface area contributed by atoms with Crippen LogP contribution in [0.2, 0.25) is 10.0 Å². The van der Waals surface area contributed by atoms with E-state index in [1.807, 2.05) is 30.3 Å². The van der Waals surface area contributed by atoms with Crippen LogP contribution in [0.15, 0.2) is 65.6 Å². The van der Waals surface area contributed by atoms with E-state index in [1.54, 1.807) is 18.2 Å². The SMILES string of the molecule is O=S(=O)(Oc1ccc2c(c1)SCCC(c1ccc(Cl)cc1Cl)=C2c1ccc(O[C@H]2CCN(CCCF)C2)cc1)C(F)(F)F. The third kappa shape index (κ3) is 7.45. The summed E-state index contributed by atoms with van der Waals surface area (Å²) in [5.74, 6) is 0.788. The van der Waals surface area contributed by atoms with Gasteiger partial charge in [0.1, 0.15) is 17.6 Å². The molecule has 0 bridgehead atoms. The fraction of sp³-hybridized carbons (Fsp3) is 0.333. The normalized spacial score (nSPS) is 18.0. The summed E-state index contributed by atoms with van der Waals surface area (Å²) in [5, 5.41) is 0.923. The van der Waals surface area contributed by atoms with Gasteiger partial charge in [-0.15, -0.1) is 11.8 Å².